The van der Waals surface area contributed by atoms with E-state index in [-0.39, 0.29) is 0 Å². The molecule has 0 atom stereocenters. The standard InChI is InChI=1S/C9H9NO4/c1-2-3-6-4-5-7(11)8(9(6)12)10(13)14/h2,4-5,11-12H,1,3H2. The van der Waals surface area contributed by atoms with Crippen LogP contribution in [0.25, 0.3) is 0 Å². The molecule has 0 aliphatic carbocycles. The lowest BCUT2D eigenvalue weighted by Gasteiger charge is -2.03. The molecule has 0 radical (unpaired) electrons. The predicted molar refractivity (Wildman–Crippen MR) is 50.3 cm³/mol. The summed E-state index contributed by atoms with van der Waals surface area (Å²) in [5.41, 5.74) is -0.297. The van der Waals surface area contributed by atoms with Crippen molar-refractivity contribution in [3.63, 3.8) is 0 Å². The molecule has 0 amide bonds. The molecule has 1 rings (SSSR count). The first kappa shape index (κ1) is 10.0. The lowest BCUT2D eigenvalue weighted by Crippen LogP contribution is -1.92. The van der Waals surface area contributed by atoms with Crippen LogP contribution in [0.2, 0.25) is 0 Å². The zero-order chi connectivity index (χ0) is 10.7. The van der Waals surface area contributed by atoms with E-state index in [4.69, 9.17) is 5.11 Å². The Balaban J connectivity index is 3.32. The van der Waals surface area contributed by atoms with Crippen LogP contribution in [0.15, 0.2) is 24.8 Å². The summed E-state index contributed by atoms with van der Waals surface area (Å²) in [5, 5.41) is 29.0. The van der Waals surface area contributed by atoms with E-state index in [0.29, 0.717) is 12.0 Å². The van der Waals surface area contributed by atoms with Gasteiger partial charge < -0.3 is 10.2 Å². The number of nitro benzene ring substituents is 1. The maximum Gasteiger partial charge on any atom is 0.352 e. The monoisotopic (exact) mass is 195 g/mol. The third-order valence-electron chi connectivity index (χ3n) is 1.76. The highest BCUT2D eigenvalue weighted by molar-refractivity contribution is 5.59. The molecule has 0 saturated heterocycles. The van der Waals surface area contributed by atoms with Crippen LogP contribution in [0.1, 0.15) is 5.56 Å². The van der Waals surface area contributed by atoms with E-state index in [1.807, 2.05) is 0 Å². The number of allylic oxidation sites excluding steroid dienone is 1. The van der Waals surface area contributed by atoms with Gasteiger partial charge in [0.2, 0.25) is 5.75 Å². The van der Waals surface area contributed by atoms with E-state index in [9.17, 15) is 15.2 Å². The highest BCUT2D eigenvalue weighted by Gasteiger charge is 2.21. The summed E-state index contributed by atoms with van der Waals surface area (Å²) < 4.78 is 0. The van der Waals surface area contributed by atoms with Crippen molar-refractivity contribution in [3.05, 3.63) is 40.5 Å². The number of benzene rings is 1. The molecule has 0 saturated carbocycles. The number of phenolic OH excluding ortho intramolecular Hbond substituents is 2. The van der Waals surface area contributed by atoms with Crippen LogP contribution < -0.4 is 0 Å². The van der Waals surface area contributed by atoms with Crippen molar-refractivity contribution in [1.29, 1.82) is 0 Å². The van der Waals surface area contributed by atoms with Crippen molar-refractivity contribution in [2.45, 2.75) is 6.42 Å². The summed E-state index contributed by atoms with van der Waals surface area (Å²) in [5.74, 6) is -1.05. The molecule has 0 aliphatic rings. The van der Waals surface area contributed by atoms with Crippen molar-refractivity contribution >= 4 is 5.69 Å². The maximum atomic E-state index is 10.5. The van der Waals surface area contributed by atoms with E-state index in [1.165, 1.54) is 18.2 Å². The molecule has 2 N–H and O–H groups in total. The molecule has 0 spiro atoms. The Hall–Kier alpha value is -2.04. The van der Waals surface area contributed by atoms with Crippen molar-refractivity contribution in [2.24, 2.45) is 0 Å². The molecule has 0 heterocycles. The van der Waals surface area contributed by atoms with Crippen LogP contribution in [-0.4, -0.2) is 15.1 Å². The quantitative estimate of drug-likeness (QED) is 0.437. The number of hydrogen-bond acceptors (Lipinski definition) is 4. The third-order valence-corrected chi connectivity index (χ3v) is 1.76. The van der Waals surface area contributed by atoms with Gasteiger partial charge in [0.15, 0.2) is 5.75 Å². The fourth-order valence-electron chi connectivity index (χ4n) is 1.11. The molecule has 74 valence electrons. The van der Waals surface area contributed by atoms with E-state index < -0.39 is 22.1 Å². The van der Waals surface area contributed by atoms with E-state index in [1.54, 1.807) is 0 Å². The summed E-state index contributed by atoms with van der Waals surface area (Å²) in [7, 11) is 0. The second-order valence-corrected chi connectivity index (χ2v) is 2.69. The molecule has 5 heteroatoms. The van der Waals surface area contributed by atoms with Crippen LogP contribution in [0.3, 0.4) is 0 Å². The number of hydrogen-bond donors (Lipinski definition) is 2. The van der Waals surface area contributed by atoms with Crippen LogP contribution in [0.4, 0.5) is 5.69 Å². The van der Waals surface area contributed by atoms with E-state index in [0.717, 1.165) is 0 Å². The Kier molecular flexibility index (Phi) is 2.71. The molecule has 14 heavy (non-hydrogen) atoms. The topological polar surface area (TPSA) is 83.6 Å². The fraction of sp³-hybridized carbons (Fsp3) is 0.111. The van der Waals surface area contributed by atoms with Gasteiger partial charge in [-0.3, -0.25) is 10.1 Å². The minimum Gasteiger partial charge on any atom is -0.502 e. The first-order chi connectivity index (χ1) is 6.57. The summed E-state index contributed by atoms with van der Waals surface area (Å²) in [6.45, 7) is 3.45. The van der Waals surface area contributed by atoms with Gasteiger partial charge in [-0.25, -0.2) is 0 Å². The average Bonchev–Trinajstić information content (AvgIpc) is 2.10. The highest BCUT2D eigenvalue weighted by atomic mass is 16.6. The Bertz CT molecular complexity index is 387. The zero-order valence-electron chi connectivity index (χ0n) is 7.30. The number of nitro groups is 1. The summed E-state index contributed by atoms with van der Waals surface area (Å²) >= 11 is 0. The van der Waals surface area contributed by atoms with Gasteiger partial charge in [0, 0.05) is 5.56 Å². The first-order valence-electron chi connectivity index (χ1n) is 3.87. The van der Waals surface area contributed by atoms with E-state index in [2.05, 4.69) is 6.58 Å². The minimum absolute atomic E-state index is 0.312. The fourth-order valence-corrected chi connectivity index (χ4v) is 1.11. The Morgan fingerprint density at radius 2 is 2.14 bits per heavy atom. The maximum absolute atomic E-state index is 10.5. The molecular weight excluding hydrogens is 186 g/mol. The predicted octanol–water partition coefficient (Wildman–Crippen LogP) is 1.73. The molecule has 1 aromatic carbocycles. The van der Waals surface area contributed by atoms with Crippen LogP contribution in [0, 0.1) is 10.1 Å². The average molecular weight is 195 g/mol. The van der Waals surface area contributed by atoms with Crippen molar-refractivity contribution in [1.82, 2.24) is 0 Å². The number of phenols is 2. The first-order valence-corrected chi connectivity index (χ1v) is 3.87. The SMILES string of the molecule is C=CCc1ccc(O)c([N+](=O)[O-])c1O. The van der Waals surface area contributed by atoms with Crippen LogP contribution in [0.5, 0.6) is 11.5 Å². The van der Waals surface area contributed by atoms with Gasteiger partial charge in [-0.05, 0) is 12.5 Å². The van der Waals surface area contributed by atoms with Crippen molar-refractivity contribution in [3.8, 4) is 11.5 Å². The lowest BCUT2D eigenvalue weighted by molar-refractivity contribution is -0.386. The zero-order valence-corrected chi connectivity index (χ0v) is 7.30. The molecular formula is C9H9NO4. The number of aromatic hydroxyl groups is 2. The Morgan fingerprint density at radius 1 is 1.50 bits per heavy atom. The lowest BCUT2D eigenvalue weighted by atomic mass is 10.1. The van der Waals surface area contributed by atoms with Crippen molar-refractivity contribution in [2.75, 3.05) is 0 Å². The third kappa shape index (κ3) is 1.66. The van der Waals surface area contributed by atoms with Gasteiger partial charge in [0.25, 0.3) is 0 Å². The minimum atomic E-state index is -0.822. The van der Waals surface area contributed by atoms with E-state index >= 15 is 0 Å². The van der Waals surface area contributed by atoms with Gasteiger partial charge in [0.05, 0.1) is 4.92 Å². The Labute approximate surface area is 80.1 Å². The highest BCUT2D eigenvalue weighted by Crippen LogP contribution is 2.37. The largest absolute Gasteiger partial charge is 0.502 e. The summed E-state index contributed by atoms with van der Waals surface area (Å²) in [6, 6.07) is 2.59. The second kappa shape index (κ2) is 3.78. The summed E-state index contributed by atoms with van der Waals surface area (Å²) in [4.78, 5) is 9.64. The molecule has 0 bridgehead atoms. The number of nitrogens with zero attached hydrogens (tertiary/aromatic N) is 1. The van der Waals surface area contributed by atoms with Crippen LogP contribution >= 0.6 is 0 Å². The molecule has 1 aromatic rings. The summed E-state index contributed by atoms with van der Waals surface area (Å²) in [6.07, 6.45) is 1.82. The molecule has 0 aliphatic heterocycles. The molecule has 0 unspecified atom stereocenters. The molecule has 0 aromatic heterocycles. The smallest absolute Gasteiger partial charge is 0.352 e. The van der Waals surface area contributed by atoms with Gasteiger partial charge in [0.1, 0.15) is 0 Å². The Morgan fingerprint density at radius 3 is 2.64 bits per heavy atom. The van der Waals surface area contributed by atoms with Gasteiger partial charge >= 0.3 is 5.69 Å². The second-order valence-electron chi connectivity index (χ2n) is 2.69. The molecule has 5 nitrogen and oxygen atoms in total. The molecule has 0 fully saturated rings. The number of rotatable bonds is 3. The van der Waals surface area contributed by atoms with Gasteiger partial charge in [-0.1, -0.05) is 12.1 Å². The van der Waals surface area contributed by atoms with Crippen LogP contribution in [-0.2, 0) is 6.42 Å². The normalized spacial score (nSPS) is 9.71. The van der Waals surface area contributed by atoms with Gasteiger partial charge in [-0.15, -0.1) is 6.58 Å². The van der Waals surface area contributed by atoms with Gasteiger partial charge in [-0.2, -0.15) is 0 Å². The van der Waals surface area contributed by atoms with Crippen molar-refractivity contribution < 1.29 is 15.1 Å².